The van der Waals surface area contributed by atoms with Crippen molar-refractivity contribution in [1.82, 2.24) is 9.97 Å². The van der Waals surface area contributed by atoms with E-state index >= 15 is 0 Å². The first kappa shape index (κ1) is 9.66. The van der Waals surface area contributed by atoms with Crippen molar-refractivity contribution in [2.75, 3.05) is 0 Å². The van der Waals surface area contributed by atoms with Crippen molar-refractivity contribution in [2.24, 2.45) is 0 Å². The molecule has 0 aliphatic carbocycles. The van der Waals surface area contributed by atoms with Crippen LogP contribution in [0.25, 0.3) is 0 Å². The summed E-state index contributed by atoms with van der Waals surface area (Å²) in [5.41, 5.74) is 0.982. The van der Waals surface area contributed by atoms with Crippen LogP contribution in [0.4, 0.5) is 0 Å². The van der Waals surface area contributed by atoms with Gasteiger partial charge in [0.15, 0.2) is 0 Å². The molecule has 62 valence electrons. The largest absolute Gasteiger partial charge is 0.241 e. The third-order valence-corrected chi connectivity index (χ3v) is 1.95. The summed E-state index contributed by atoms with van der Waals surface area (Å²) in [5, 5.41) is 0. The van der Waals surface area contributed by atoms with Gasteiger partial charge in [-0.25, -0.2) is 9.97 Å². The second kappa shape index (κ2) is 4.00. The molecule has 0 aliphatic rings. The molecule has 0 saturated heterocycles. The standard InChI is InChI=1S/C8H12BN2P/c1-5(2)6-3-10-8(7(9)12)11-4-6/h3-5,7H,12H2,1-2H3. The van der Waals surface area contributed by atoms with Crippen LogP contribution in [0.3, 0.4) is 0 Å². The van der Waals surface area contributed by atoms with E-state index < -0.39 is 0 Å². The smallest absolute Gasteiger partial charge is 0.126 e. The van der Waals surface area contributed by atoms with Crippen molar-refractivity contribution in [3.8, 4) is 0 Å². The lowest BCUT2D eigenvalue weighted by Crippen LogP contribution is -1.99. The zero-order valence-corrected chi connectivity index (χ0v) is 8.51. The third kappa shape index (κ3) is 2.28. The molecule has 0 amide bonds. The molecule has 0 aliphatic heterocycles. The predicted octanol–water partition coefficient (Wildman–Crippen LogP) is 1.64. The van der Waals surface area contributed by atoms with Crippen LogP contribution in [-0.2, 0) is 0 Å². The van der Waals surface area contributed by atoms with Gasteiger partial charge in [-0.15, -0.1) is 9.24 Å². The number of hydrogen-bond donors (Lipinski definition) is 0. The summed E-state index contributed by atoms with van der Waals surface area (Å²) >= 11 is 0. The molecule has 2 nitrogen and oxygen atoms in total. The minimum absolute atomic E-state index is 0.161. The fourth-order valence-corrected chi connectivity index (χ4v) is 0.990. The second-order valence-electron chi connectivity index (χ2n) is 3.06. The van der Waals surface area contributed by atoms with Crippen molar-refractivity contribution in [1.29, 1.82) is 0 Å². The second-order valence-corrected chi connectivity index (χ2v) is 3.77. The van der Waals surface area contributed by atoms with Gasteiger partial charge in [0.25, 0.3) is 0 Å². The molecule has 1 aromatic heterocycles. The highest BCUT2D eigenvalue weighted by atomic mass is 31.0. The molecule has 1 aromatic rings. The quantitative estimate of drug-likeness (QED) is 0.508. The van der Waals surface area contributed by atoms with Crippen LogP contribution in [-0.4, -0.2) is 17.8 Å². The highest BCUT2D eigenvalue weighted by Crippen LogP contribution is 2.16. The molecule has 1 heterocycles. The van der Waals surface area contributed by atoms with Crippen LogP contribution in [0.15, 0.2) is 12.4 Å². The monoisotopic (exact) mass is 178 g/mol. The Morgan fingerprint density at radius 2 is 1.83 bits per heavy atom. The first-order valence-corrected chi connectivity index (χ1v) is 4.61. The van der Waals surface area contributed by atoms with Gasteiger partial charge in [-0.1, -0.05) is 13.8 Å². The molecule has 0 spiro atoms. The highest BCUT2D eigenvalue weighted by Gasteiger charge is 2.03. The normalized spacial score (nSPS) is 13.3. The van der Waals surface area contributed by atoms with Gasteiger partial charge in [0.1, 0.15) is 5.82 Å². The Labute approximate surface area is 76.8 Å². The number of rotatable bonds is 2. The van der Waals surface area contributed by atoms with Gasteiger partial charge in [0.05, 0.1) is 7.85 Å². The summed E-state index contributed by atoms with van der Waals surface area (Å²) in [6.07, 6.45) is 3.66. The van der Waals surface area contributed by atoms with Crippen molar-refractivity contribution >= 4 is 17.1 Å². The van der Waals surface area contributed by atoms with Crippen LogP contribution in [0.1, 0.15) is 36.7 Å². The van der Waals surface area contributed by atoms with E-state index in [4.69, 9.17) is 7.85 Å². The average Bonchev–Trinajstić information content (AvgIpc) is 2.04. The van der Waals surface area contributed by atoms with E-state index in [9.17, 15) is 0 Å². The topological polar surface area (TPSA) is 25.8 Å². The van der Waals surface area contributed by atoms with Gasteiger partial charge in [-0.05, 0) is 17.0 Å². The minimum Gasteiger partial charge on any atom is -0.241 e. The van der Waals surface area contributed by atoms with Gasteiger partial charge in [-0.3, -0.25) is 0 Å². The lowest BCUT2D eigenvalue weighted by atomic mass is 10.0. The zero-order valence-electron chi connectivity index (χ0n) is 7.36. The van der Waals surface area contributed by atoms with Gasteiger partial charge >= 0.3 is 0 Å². The number of hydrogen-bond acceptors (Lipinski definition) is 2. The number of nitrogens with zero attached hydrogens (tertiary/aromatic N) is 2. The summed E-state index contributed by atoms with van der Waals surface area (Å²) in [4.78, 5) is 8.28. The zero-order chi connectivity index (χ0) is 9.14. The van der Waals surface area contributed by atoms with Crippen molar-refractivity contribution in [3.63, 3.8) is 0 Å². The lowest BCUT2D eigenvalue weighted by molar-refractivity contribution is 0.834. The predicted molar refractivity (Wildman–Crippen MR) is 54.3 cm³/mol. The van der Waals surface area contributed by atoms with E-state index in [0.29, 0.717) is 11.7 Å². The maximum Gasteiger partial charge on any atom is 0.126 e. The Morgan fingerprint density at radius 1 is 1.33 bits per heavy atom. The average molecular weight is 178 g/mol. The van der Waals surface area contributed by atoms with Crippen LogP contribution in [0.2, 0.25) is 0 Å². The SMILES string of the molecule is [B]C(P)c1ncc(C(C)C)cn1. The van der Waals surface area contributed by atoms with Crippen LogP contribution in [0, 0.1) is 0 Å². The fourth-order valence-electron chi connectivity index (χ4n) is 0.818. The summed E-state index contributed by atoms with van der Waals surface area (Å²) < 4.78 is 0. The van der Waals surface area contributed by atoms with E-state index in [2.05, 4.69) is 33.1 Å². The first-order chi connectivity index (χ1) is 5.61. The molecule has 0 fully saturated rings. The van der Waals surface area contributed by atoms with Crippen LogP contribution in [0.5, 0.6) is 0 Å². The molecule has 2 atom stereocenters. The summed E-state index contributed by atoms with van der Waals surface area (Å²) in [7, 11) is 8.04. The van der Waals surface area contributed by atoms with Crippen LogP contribution >= 0.6 is 9.24 Å². The maximum atomic E-state index is 5.58. The molecule has 0 saturated carbocycles. The summed E-state index contributed by atoms with van der Waals surface area (Å²) in [5.74, 6) is 1.14. The third-order valence-electron chi connectivity index (χ3n) is 1.66. The fraction of sp³-hybridized carbons (Fsp3) is 0.500. The molecular weight excluding hydrogens is 166 g/mol. The van der Waals surface area contributed by atoms with Crippen molar-refractivity contribution < 1.29 is 0 Å². The molecule has 2 radical (unpaired) electrons. The molecule has 0 N–H and O–H groups in total. The molecule has 0 bridgehead atoms. The van der Waals surface area contributed by atoms with E-state index in [0.717, 1.165) is 5.56 Å². The van der Waals surface area contributed by atoms with Gasteiger partial charge in [-0.2, -0.15) is 0 Å². The molecule has 2 unspecified atom stereocenters. The summed E-state index contributed by atoms with van der Waals surface area (Å²) in [6, 6.07) is 0. The van der Waals surface area contributed by atoms with Crippen molar-refractivity contribution in [2.45, 2.75) is 25.3 Å². The van der Waals surface area contributed by atoms with E-state index in [1.807, 2.05) is 12.4 Å². The Kier molecular flexibility index (Phi) is 3.22. The maximum absolute atomic E-state index is 5.58. The highest BCUT2D eigenvalue weighted by molar-refractivity contribution is 7.20. The van der Waals surface area contributed by atoms with Gasteiger partial charge in [0, 0.05) is 12.4 Å². The molecule has 1 rings (SSSR count). The van der Waals surface area contributed by atoms with Crippen LogP contribution < -0.4 is 0 Å². The molecule has 12 heavy (non-hydrogen) atoms. The minimum atomic E-state index is -0.161. The van der Waals surface area contributed by atoms with E-state index in [1.54, 1.807) is 0 Å². The Balaban J connectivity index is 2.86. The Bertz CT molecular complexity index is 219. The summed E-state index contributed by atoms with van der Waals surface area (Å²) in [6.45, 7) is 4.22. The van der Waals surface area contributed by atoms with Gasteiger partial charge < -0.3 is 0 Å². The first-order valence-electron chi connectivity index (χ1n) is 3.94. The van der Waals surface area contributed by atoms with E-state index in [-0.39, 0.29) is 5.56 Å². The van der Waals surface area contributed by atoms with Crippen molar-refractivity contribution in [3.05, 3.63) is 23.8 Å². The lowest BCUT2D eigenvalue weighted by Gasteiger charge is -2.06. The van der Waals surface area contributed by atoms with E-state index in [1.165, 1.54) is 0 Å². The molecule has 4 heteroatoms. The Morgan fingerprint density at radius 3 is 2.17 bits per heavy atom. The van der Waals surface area contributed by atoms with Gasteiger partial charge in [0.2, 0.25) is 0 Å². The Hall–Kier alpha value is -0.425. The molecule has 0 aromatic carbocycles. The number of aromatic nitrogens is 2. The molecular formula is C8H12BN2P.